The van der Waals surface area contributed by atoms with Gasteiger partial charge in [-0.3, -0.25) is 4.79 Å². The standard InChI is InChI=1S/C10H12FN3O2/c1-6(9(12)14-16)13-10(15)7-3-2-4-8(11)5-7/h2-6,16H,1H3,(H2,12,14)(H,13,15). The maximum Gasteiger partial charge on any atom is 0.251 e. The van der Waals surface area contributed by atoms with E-state index in [0.29, 0.717) is 0 Å². The van der Waals surface area contributed by atoms with Gasteiger partial charge in [0.05, 0.1) is 6.04 Å². The number of oxime groups is 1. The zero-order chi connectivity index (χ0) is 12.1. The van der Waals surface area contributed by atoms with E-state index in [1.807, 2.05) is 0 Å². The number of halogens is 1. The third-order valence-electron chi connectivity index (χ3n) is 1.99. The molecule has 0 spiro atoms. The van der Waals surface area contributed by atoms with Gasteiger partial charge >= 0.3 is 0 Å². The monoisotopic (exact) mass is 225 g/mol. The number of amidine groups is 1. The Bertz CT molecular complexity index is 420. The summed E-state index contributed by atoms with van der Waals surface area (Å²) in [6.45, 7) is 1.55. The summed E-state index contributed by atoms with van der Waals surface area (Å²) in [4.78, 5) is 11.6. The van der Waals surface area contributed by atoms with Crippen LogP contribution in [0.5, 0.6) is 0 Å². The van der Waals surface area contributed by atoms with E-state index in [0.717, 1.165) is 6.07 Å². The molecule has 0 heterocycles. The van der Waals surface area contributed by atoms with E-state index in [9.17, 15) is 9.18 Å². The molecule has 0 fully saturated rings. The van der Waals surface area contributed by atoms with Crippen molar-refractivity contribution in [3.8, 4) is 0 Å². The van der Waals surface area contributed by atoms with E-state index in [-0.39, 0.29) is 11.4 Å². The average molecular weight is 225 g/mol. The summed E-state index contributed by atoms with van der Waals surface area (Å²) in [6.07, 6.45) is 0. The van der Waals surface area contributed by atoms with Crippen LogP contribution in [0.2, 0.25) is 0 Å². The fraction of sp³-hybridized carbons (Fsp3) is 0.200. The van der Waals surface area contributed by atoms with E-state index >= 15 is 0 Å². The number of amides is 1. The van der Waals surface area contributed by atoms with Gasteiger partial charge in [-0.1, -0.05) is 11.2 Å². The first-order valence-electron chi connectivity index (χ1n) is 4.58. The van der Waals surface area contributed by atoms with Crippen molar-refractivity contribution in [2.24, 2.45) is 10.9 Å². The van der Waals surface area contributed by atoms with Crippen LogP contribution in [0.3, 0.4) is 0 Å². The number of benzene rings is 1. The molecule has 0 aliphatic rings. The van der Waals surface area contributed by atoms with E-state index in [4.69, 9.17) is 10.9 Å². The molecule has 1 atom stereocenters. The first-order valence-corrected chi connectivity index (χ1v) is 4.58. The highest BCUT2D eigenvalue weighted by Crippen LogP contribution is 2.03. The maximum absolute atomic E-state index is 12.8. The quantitative estimate of drug-likeness (QED) is 0.306. The van der Waals surface area contributed by atoms with Crippen molar-refractivity contribution in [2.75, 3.05) is 0 Å². The number of nitrogens with two attached hydrogens (primary N) is 1. The zero-order valence-corrected chi connectivity index (χ0v) is 8.64. The highest BCUT2D eigenvalue weighted by molar-refractivity contribution is 5.98. The van der Waals surface area contributed by atoms with E-state index in [1.54, 1.807) is 6.92 Å². The van der Waals surface area contributed by atoms with Crippen LogP contribution in [0, 0.1) is 5.82 Å². The highest BCUT2D eigenvalue weighted by atomic mass is 19.1. The molecule has 1 amide bonds. The second-order valence-electron chi connectivity index (χ2n) is 3.23. The van der Waals surface area contributed by atoms with Crippen LogP contribution in [-0.4, -0.2) is 23.0 Å². The molecule has 16 heavy (non-hydrogen) atoms. The molecule has 1 unspecified atom stereocenters. The molecule has 0 radical (unpaired) electrons. The van der Waals surface area contributed by atoms with E-state index in [1.165, 1.54) is 18.2 Å². The topological polar surface area (TPSA) is 87.7 Å². The molecule has 0 saturated carbocycles. The van der Waals surface area contributed by atoms with Crippen molar-refractivity contribution in [3.05, 3.63) is 35.6 Å². The molecule has 86 valence electrons. The molecule has 6 heteroatoms. The summed E-state index contributed by atoms with van der Waals surface area (Å²) in [5, 5.41) is 13.6. The summed E-state index contributed by atoms with van der Waals surface area (Å²) in [7, 11) is 0. The van der Waals surface area contributed by atoms with Gasteiger partial charge in [0.2, 0.25) is 0 Å². The second-order valence-corrected chi connectivity index (χ2v) is 3.23. The highest BCUT2D eigenvalue weighted by Gasteiger charge is 2.13. The third kappa shape index (κ3) is 2.94. The number of carbonyl (C=O) groups is 1. The predicted molar refractivity (Wildman–Crippen MR) is 56.7 cm³/mol. The first-order chi connectivity index (χ1) is 7.54. The zero-order valence-electron chi connectivity index (χ0n) is 8.64. The first kappa shape index (κ1) is 12.0. The van der Waals surface area contributed by atoms with Crippen molar-refractivity contribution in [1.82, 2.24) is 5.32 Å². The molecule has 1 aromatic carbocycles. The molecule has 0 saturated heterocycles. The van der Waals surface area contributed by atoms with Crippen LogP contribution < -0.4 is 11.1 Å². The molecule has 0 aliphatic carbocycles. The Hall–Kier alpha value is -2.11. The van der Waals surface area contributed by atoms with Gasteiger partial charge in [-0.05, 0) is 25.1 Å². The third-order valence-corrected chi connectivity index (χ3v) is 1.99. The summed E-state index contributed by atoms with van der Waals surface area (Å²) in [6, 6.07) is 4.62. The Labute approximate surface area is 91.8 Å². The number of rotatable bonds is 3. The van der Waals surface area contributed by atoms with E-state index < -0.39 is 17.8 Å². The molecule has 1 aromatic rings. The van der Waals surface area contributed by atoms with Crippen molar-refractivity contribution in [3.63, 3.8) is 0 Å². The van der Waals surface area contributed by atoms with Crippen molar-refractivity contribution in [2.45, 2.75) is 13.0 Å². The average Bonchev–Trinajstić information content (AvgIpc) is 2.27. The van der Waals surface area contributed by atoms with Gasteiger partial charge in [0.15, 0.2) is 5.84 Å². The minimum atomic E-state index is -0.624. The molecule has 0 aromatic heterocycles. The second kappa shape index (κ2) is 5.11. The van der Waals surface area contributed by atoms with Crippen LogP contribution in [0.15, 0.2) is 29.4 Å². The smallest absolute Gasteiger partial charge is 0.251 e. The Morgan fingerprint density at radius 3 is 2.88 bits per heavy atom. The number of hydrogen-bond donors (Lipinski definition) is 3. The lowest BCUT2D eigenvalue weighted by atomic mass is 10.2. The van der Waals surface area contributed by atoms with Gasteiger partial charge in [-0.2, -0.15) is 0 Å². The Balaban J connectivity index is 2.73. The number of carbonyl (C=O) groups excluding carboxylic acids is 1. The van der Waals surface area contributed by atoms with Crippen molar-refractivity contribution < 1.29 is 14.4 Å². The van der Waals surface area contributed by atoms with Gasteiger partial charge in [0.1, 0.15) is 5.82 Å². The van der Waals surface area contributed by atoms with Crippen LogP contribution in [0.4, 0.5) is 4.39 Å². The number of nitrogens with zero attached hydrogens (tertiary/aromatic N) is 1. The fourth-order valence-corrected chi connectivity index (χ4v) is 1.07. The summed E-state index contributed by atoms with van der Waals surface area (Å²) in [5.74, 6) is -1.10. The normalized spacial score (nSPS) is 13.2. The van der Waals surface area contributed by atoms with Gasteiger partial charge in [-0.25, -0.2) is 4.39 Å². The predicted octanol–water partition coefficient (Wildman–Crippen LogP) is 0.690. The summed E-state index contributed by atoms with van der Waals surface area (Å²) >= 11 is 0. The van der Waals surface area contributed by atoms with Crippen molar-refractivity contribution in [1.29, 1.82) is 0 Å². The molecule has 4 N–H and O–H groups in total. The van der Waals surface area contributed by atoms with Crippen LogP contribution in [-0.2, 0) is 0 Å². The van der Waals surface area contributed by atoms with Crippen LogP contribution in [0.1, 0.15) is 17.3 Å². The lowest BCUT2D eigenvalue weighted by Crippen LogP contribution is -2.42. The summed E-state index contributed by atoms with van der Waals surface area (Å²) in [5.41, 5.74) is 5.46. The van der Waals surface area contributed by atoms with Gasteiger partial charge in [0, 0.05) is 5.56 Å². The molecular weight excluding hydrogens is 213 g/mol. The molecule has 5 nitrogen and oxygen atoms in total. The minimum absolute atomic E-state index is 0.121. The van der Waals surface area contributed by atoms with E-state index in [2.05, 4.69) is 10.5 Å². The fourth-order valence-electron chi connectivity index (χ4n) is 1.07. The molecule has 1 rings (SSSR count). The number of nitrogens with one attached hydrogen (secondary N) is 1. The summed E-state index contributed by atoms with van der Waals surface area (Å²) < 4.78 is 12.8. The van der Waals surface area contributed by atoms with Crippen LogP contribution in [0.25, 0.3) is 0 Å². The molecule has 0 bridgehead atoms. The Morgan fingerprint density at radius 2 is 2.31 bits per heavy atom. The van der Waals surface area contributed by atoms with Gasteiger partial charge in [-0.15, -0.1) is 0 Å². The molecular formula is C10H12FN3O2. The van der Waals surface area contributed by atoms with Crippen LogP contribution >= 0.6 is 0 Å². The maximum atomic E-state index is 12.8. The lowest BCUT2D eigenvalue weighted by Gasteiger charge is -2.11. The van der Waals surface area contributed by atoms with Gasteiger partial charge < -0.3 is 16.3 Å². The Morgan fingerprint density at radius 1 is 1.62 bits per heavy atom. The van der Waals surface area contributed by atoms with Crippen molar-refractivity contribution >= 4 is 11.7 Å². The SMILES string of the molecule is CC(NC(=O)c1cccc(F)c1)/C(N)=N/O. The largest absolute Gasteiger partial charge is 0.409 e. The lowest BCUT2D eigenvalue weighted by molar-refractivity contribution is 0.0948. The minimum Gasteiger partial charge on any atom is -0.409 e. The Kier molecular flexibility index (Phi) is 3.82. The van der Waals surface area contributed by atoms with Gasteiger partial charge in [0.25, 0.3) is 5.91 Å². The number of hydrogen-bond acceptors (Lipinski definition) is 3. The molecule has 0 aliphatic heterocycles.